The maximum Gasteiger partial charge on any atom is 0.244 e. The molecule has 1 amide bonds. The Morgan fingerprint density at radius 3 is 1.78 bits per heavy atom. The third-order valence-electron chi connectivity index (χ3n) is 5.13. The Bertz CT molecular complexity index is 865. The van der Waals surface area contributed by atoms with Gasteiger partial charge in [-0.25, -0.2) is 0 Å². The lowest BCUT2D eigenvalue weighted by Gasteiger charge is -2.41. The first-order valence-electron chi connectivity index (χ1n) is 9.47. The molecule has 1 fully saturated rings. The fourth-order valence-electron chi connectivity index (χ4n) is 3.76. The summed E-state index contributed by atoms with van der Waals surface area (Å²) in [7, 11) is 0. The van der Waals surface area contributed by atoms with Crippen LogP contribution >= 0.6 is 0 Å². The maximum atomic E-state index is 13.4. The van der Waals surface area contributed by atoms with E-state index in [0.717, 1.165) is 25.2 Å². The molecule has 1 aliphatic heterocycles. The minimum atomic E-state index is -0.233. The number of rotatable bonds is 5. The summed E-state index contributed by atoms with van der Waals surface area (Å²) in [6, 6.07) is 30.5. The summed E-state index contributed by atoms with van der Waals surface area (Å²) in [5.41, 5.74) is 3.48. The zero-order valence-corrected chi connectivity index (χ0v) is 15.4. The molecule has 4 rings (SSSR count). The fraction of sp³-hybridized carbons (Fsp3) is 0.208. The van der Waals surface area contributed by atoms with E-state index in [1.807, 2.05) is 47.4 Å². The van der Waals surface area contributed by atoms with Crippen molar-refractivity contribution in [2.75, 3.05) is 13.1 Å². The highest BCUT2D eigenvalue weighted by atomic mass is 16.2. The van der Waals surface area contributed by atoms with Crippen molar-refractivity contribution in [1.82, 2.24) is 9.80 Å². The number of benzene rings is 3. The van der Waals surface area contributed by atoms with E-state index in [9.17, 15) is 4.79 Å². The highest BCUT2D eigenvalue weighted by molar-refractivity contribution is 5.84. The molecule has 1 atom stereocenters. The van der Waals surface area contributed by atoms with Gasteiger partial charge in [-0.3, -0.25) is 9.69 Å². The van der Waals surface area contributed by atoms with Crippen molar-refractivity contribution in [3.63, 3.8) is 0 Å². The van der Waals surface area contributed by atoms with Gasteiger partial charge >= 0.3 is 0 Å². The van der Waals surface area contributed by atoms with Gasteiger partial charge in [-0.15, -0.1) is 0 Å². The normalized spacial score (nSPS) is 17.9. The van der Waals surface area contributed by atoms with Gasteiger partial charge in [-0.1, -0.05) is 91.0 Å². The smallest absolute Gasteiger partial charge is 0.244 e. The van der Waals surface area contributed by atoms with E-state index < -0.39 is 0 Å². The third kappa shape index (κ3) is 4.09. The summed E-state index contributed by atoms with van der Waals surface area (Å²) < 4.78 is 0. The molecule has 1 heterocycles. The van der Waals surface area contributed by atoms with Gasteiger partial charge < -0.3 is 4.90 Å². The van der Waals surface area contributed by atoms with Gasteiger partial charge in [-0.05, 0) is 16.7 Å². The van der Waals surface area contributed by atoms with Crippen molar-refractivity contribution in [2.45, 2.75) is 19.1 Å². The number of hydrogen-bond donors (Lipinski definition) is 0. The average molecular weight is 356 g/mol. The SMILES string of the molecule is O=C1C(c2ccccc2)N(Cc2ccccc2)CCN1Cc1ccccc1. The molecule has 1 unspecified atom stereocenters. The highest BCUT2D eigenvalue weighted by Gasteiger charge is 2.35. The van der Waals surface area contributed by atoms with Crippen molar-refractivity contribution in [2.24, 2.45) is 0 Å². The number of carbonyl (C=O) groups is 1. The highest BCUT2D eigenvalue weighted by Crippen LogP contribution is 2.29. The van der Waals surface area contributed by atoms with Crippen LogP contribution in [0.3, 0.4) is 0 Å². The van der Waals surface area contributed by atoms with Crippen LogP contribution in [0.5, 0.6) is 0 Å². The second-order valence-electron chi connectivity index (χ2n) is 7.01. The van der Waals surface area contributed by atoms with Gasteiger partial charge in [0.05, 0.1) is 0 Å². The van der Waals surface area contributed by atoms with Gasteiger partial charge in [0.2, 0.25) is 5.91 Å². The molecule has 3 aromatic rings. The van der Waals surface area contributed by atoms with Crippen molar-refractivity contribution in [3.8, 4) is 0 Å². The Hall–Kier alpha value is -2.91. The second kappa shape index (κ2) is 8.19. The van der Waals surface area contributed by atoms with Crippen LogP contribution in [0.1, 0.15) is 22.7 Å². The molecule has 136 valence electrons. The molecule has 3 aromatic carbocycles. The Balaban J connectivity index is 1.59. The molecular weight excluding hydrogens is 332 g/mol. The van der Waals surface area contributed by atoms with Crippen LogP contribution < -0.4 is 0 Å². The summed E-state index contributed by atoms with van der Waals surface area (Å²) in [6.07, 6.45) is 0. The molecule has 1 saturated heterocycles. The van der Waals surface area contributed by atoms with Crippen molar-refractivity contribution < 1.29 is 4.79 Å². The Labute approximate surface area is 160 Å². The summed E-state index contributed by atoms with van der Waals surface area (Å²) in [6.45, 7) is 3.07. The van der Waals surface area contributed by atoms with E-state index in [1.54, 1.807) is 0 Å². The van der Waals surface area contributed by atoms with E-state index in [0.29, 0.717) is 6.54 Å². The predicted molar refractivity (Wildman–Crippen MR) is 108 cm³/mol. The monoisotopic (exact) mass is 356 g/mol. The lowest BCUT2D eigenvalue weighted by Crippen LogP contribution is -2.51. The van der Waals surface area contributed by atoms with Crippen molar-refractivity contribution in [3.05, 3.63) is 108 Å². The molecule has 3 heteroatoms. The predicted octanol–water partition coefficient (Wildman–Crippen LogP) is 4.27. The molecule has 0 aromatic heterocycles. The maximum absolute atomic E-state index is 13.4. The lowest BCUT2D eigenvalue weighted by molar-refractivity contribution is -0.143. The van der Waals surface area contributed by atoms with E-state index in [1.165, 1.54) is 11.1 Å². The average Bonchev–Trinajstić information content (AvgIpc) is 2.72. The van der Waals surface area contributed by atoms with Crippen LogP contribution in [0.25, 0.3) is 0 Å². The van der Waals surface area contributed by atoms with Crippen molar-refractivity contribution in [1.29, 1.82) is 0 Å². The van der Waals surface area contributed by atoms with Crippen LogP contribution in [-0.2, 0) is 17.9 Å². The molecule has 0 spiro atoms. The van der Waals surface area contributed by atoms with E-state index in [2.05, 4.69) is 53.4 Å². The molecular formula is C24H24N2O. The minimum Gasteiger partial charge on any atom is -0.335 e. The zero-order chi connectivity index (χ0) is 18.5. The summed E-state index contributed by atoms with van der Waals surface area (Å²) in [4.78, 5) is 17.7. The van der Waals surface area contributed by atoms with Gasteiger partial charge in [0, 0.05) is 26.2 Å². The van der Waals surface area contributed by atoms with E-state index in [-0.39, 0.29) is 11.9 Å². The number of carbonyl (C=O) groups excluding carboxylic acids is 1. The van der Waals surface area contributed by atoms with Crippen LogP contribution in [-0.4, -0.2) is 28.8 Å². The van der Waals surface area contributed by atoms with Gasteiger partial charge in [0.15, 0.2) is 0 Å². The summed E-state index contributed by atoms with van der Waals surface area (Å²) >= 11 is 0. The van der Waals surface area contributed by atoms with Crippen LogP contribution in [0.4, 0.5) is 0 Å². The summed E-state index contributed by atoms with van der Waals surface area (Å²) in [5, 5.41) is 0. The first kappa shape index (κ1) is 17.5. The standard InChI is InChI=1S/C24H24N2O/c27-24-23(22-14-8-3-9-15-22)25(18-20-10-4-1-5-11-20)16-17-26(24)19-21-12-6-2-7-13-21/h1-15,23H,16-19H2. The summed E-state index contributed by atoms with van der Waals surface area (Å²) in [5.74, 6) is 0.187. The van der Waals surface area contributed by atoms with Crippen LogP contribution in [0, 0.1) is 0 Å². The zero-order valence-electron chi connectivity index (χ0n) is 15.4. The largest absolute Gasteiger partial charge is 0.335 e. The molecule has 0 saturated carbocycles. The van der Waals surface area contributed by atoms with E-state index >= 15 is 0 Å². The van der Waals surface area contributed by atoms with Gasteiger partial charge in [0.25, 0.3) is 0 Å². The first-order chi connectivity index (χ1) is 13.3. The fourth-order valence-corrected chi connectivity index (χ4v) is 3.76. The lowest BCUT2D eigenvalue weighted by atomic mass is 10.00. The quantitative estimate of drug-likeness (QED) is 0.681. The molecule has 1 aliphatic rings. The van der Waals surface area contributed by atoms with Crippen molar-refractivity contribution >= 4 is 5.91 Å². The minimum absolute atomic E-state index is 0.187. The van der Waals surface area contributed by atoms with Crippen LogP contribution in [0.2, 0.25) is 0 Å². The molecule has 0 radical (unpaired) electrons. The second-order valence-corrected chi connectivity index (χ2v) is 7.01. The molecule has 0 bridgehead atoms. The Morgan fingerprint density at radius 2 is 1.19 bits per heavy atom. The third-order valence-corrected chi connectivity index (χ3v) is 5.13. The molecule has 0 aliphatic carbocycles. The Morgan fingerprint density at radius 1 is 0.667 bits per heavy atom. The topological polar surface area (TPSA) is 23.6 Å². The van der Waals surface area contributed by atoms with E-state index in [4.69, 9.17) is 0 Å². The molecule has 3 nitrogen and oxygen atoms in total. The van der Waals surface area contributed by atoms with Gasteiger partial charge in [-0.2, -0.15) is 0 Å². The molecule has 27 heavy (non-hydrogen) atoms. The number of piperazine rings is 1. The number of hydrogen-bond acceptors (Lipinski definition) is 2. The van der Waals surface area contributed by atoms with Gasteiger partial charge in [0.1, 0.15) is 6.04 Å². The number of nitrogens with zero attached hydrogens (tertiary/aromatic N) is 2. The molecule has 0 N–H and O–H groups in total. The number of amides is 1. The first-order valence-corrected chi connectivity index (χ1v) is 9.47. The Kier molecular flexibility index (Phi) is 5.31. The van der Waals surface area contributed by atoms with Crippen LogP contribution in [0.15, 0.2) is 91.0 Å².